The maximum absolute atomic E-state index is 12.9. The van der Waals surface area contributed by atoms with Crippen molar-refractivity contribution in [3.63, 3.8) is 0 Å². The first-order valence-electron chi connectivity index (χ1n) is 13.8. The zero-order valence-corrected chi connectivity index (χ0v) is 22.8. The first-order valence-corrected chi connectivity index (χ1v) is 13.8. The average Bonchev–Trinajstić information content (AvgIpc) is 3.22. The number of hydrogen-bond donors (Lipinski definition) is 3. The van der Waals surface area contributed by atoms with Crippen molar-refractivity contribution in [1.82, 2.24) is 10.2 Å². The van der Waals surface area contributed by atoms with Gasteiger partial charge in [-0.1, -0.05) is 19.9 Å². The molecule has 2 aliphatic heterocycles. The summed E-state index contributed by atoms with van der Waals surface area (Å²) in [6.45, 7) is 5.33. The standard InChI is InChI=1S/C29H40N2O7/c1-17(2)15-19(27(33)34)30-13-6-5-7-23(32)37-21-10-11-29(35)22-16-18-8-9-20(36-4)25-24(18)28(29,26(21)38-25)12-14-31(22)3/h8-10,17,19,22,26,30,35H,5-7,11-16H2,1-4H3,(H,33,34). The van der Waals surface area contributed by atoms with E-state index in [1.165, 1.54) is 0 Å². The van der Waals surface area contributed by atoms with Crippen molar-refractivity contribution >= 4 is 11.9 Å². The normalized spacial score (nSPS) is 29.8. The molecular formula is C29H40N2O7. The van der Waals surface area contributed by atoms with Crippen LogP contribution in [-0.4, -0.2) is 78.1 Å². The molecule has 9 heteroatoms. The molecule has 0 saturated carbocycles. The number of nitrogens with zero attached hydrogens (tertiary/aromatic N) is 1. The van der Waals surface area contributed by atoms with Crippen LogP contribution in [0.2, 0.25) is 0 Å². The molecule has 2 bridgehead atoms. The largest absolute Gasteiger partial charge is 0.493 e. The molecule has 5 rings (SSSR count). The summed E-state index contributed by atoms with van der Waals surface area (Å²) in [7, 11) is 3.67. The third-order valence-electron chi connectivity index (χ3n) is 8.99. The Kier molecular flexibility index (Phi) is 7.22. The van der Waals surface area contributed by atoms with Gasteiger partial charge in [0, 0.05) is 24.4 Å². The highest BCUT2D eigenvalue weighted by Gasteiger charge is 2.72. The number of likely N-dealkylation sites (N-methyl/N-ethyl adjacent to an activating group) is 1. The molecule has 0 radical (unpaired) electrons. The summed E-state index contributed by atoms with van der Waals surface area (Å²) in [6.07, 6.45) is 5.08. The minimum absolute atomic E-state index is 0.0551. The molecule has 1 aromatic rings. The number of carbonyl (C=O) groups excluding carboxylic acids is 1. The second-order valence-electron chi connectivity index (χ2n) is 11.7. The van der Waals surface area contributed by atoms with Gasteiger partial charge in [-0.15, -0.1) is 0 Å². The number of aliphatic carboxylic acids is 1. The van der Waals surface area contributed by atoms with Gasteiger partial charge in [-0.05, 0) is 75.9 Å². The van der Waals surface area contributed by atoms with Crippen LogP contribution in [0.3, 0.4) is 0 Å². The third kappa shape index (κ3) is 4.19. The fraction of sp³-hybridized carbons (Fsp3) is 0.655. The number of carboxylic acids is 1. The lowest BCUT2D eigenvalue weighted by Crippen LogP contribution is -2.74. The number of hydrogen-bond acceptors (Lipinski definition) is 8. The van der Waals surface area contributed by atoms with Crippen molar-refractivity contribution in [1.29, 1.82) is 0 Å². The monoisotopic (exact) mass is 528 g/mol. The van der Waals surface area contributed by atoms with Gasteiger partial charge in [0.2, 0.25) is 0 Å². The number of rotatable bonds is 11. The molecule has 5 unspecified atom stereocenters. The zero-order chi connectivity index (χ0) is 27.2. The number of unbranched alkanes of at least 4 members (excludes halogenated alkanes) is 1. The van der Waals surface area contributed by atoms with Crippen LogP contribution < -0.4 is 14.8 Å². The molecule has 1 saturated heterocycles. The third-order valence-corrected chi connectivity index (χ3v) is 8.99. The topological polar surface area (TPSA) is 118 Å². The minimum atomic E-state index is -1.03. The Bertz CT molecular complexity index is 1130. The number of nitrogens with one attached hydrogen (secondary N) is 1. The Morgan fingerprint density at radius 2 is 2.08 bits per heavy atom. The number of carboxylic acid groups (broad SMARTS) is 1. The number of likely N-dealkylation sites (tertiary alicyclic amines) is 1. The van der Waals surface area contributed by atoms with Crippen molar-refractivity contribution in [3.05, 3.63) is 35.1 Å². The van der Waals surface area contributed by atoms with Gasteiger partial charge >= 0.3 is 11.9 Å². The lowest BCUT2D eigenvalue weighted by atomic mass is 9.50. The quantitative estimate of drug-likeness (QED) is 0.294. The highest BCUT2D eigenvalue weighted by molar-refractivity contribution is 5.73. The molecule has 1 spiro atoms. The highest BCUT2D eigenvalue weighted by atomic mass is 16.6. The Labute approximate surface area is 224 Å². The summed E-state index contributed by atoms with van der Waals surface area (Å²) in [5.41, 5.74) is 0.434. The van der Waals surface area contributed by atoms with E-state index < -0.39 is 29.1 Å². The van der Waals surface area contributed by atoms with Gasteiger partial charge in [0.1, 0.15) is 11.8 Å². The van der Waals surface area contributed by atoms with E-state index in [1.54, 1.807) is 7.11 Å². The SMILES string of the molecule is COc1ccc2c3c1OC1C(OC(=O)CCCCNC(CC(C)C)C(=O)O)=CCC4(O)C(C2)N(C)CCC314. The summed E-state index contributed by atoms with van der Waals surface area (Å²) >= 11 is 0. The number of ether oxygens (including phenoxy) is 3. The molecule has 0 aromatic heterocycles. The van der Waals surface area contributed by atoms with Crippen LogP contribution in [0.15, 0.2) is 24.0 Å². The zero-order valence-electron chi connectivity index (χ0n) is 22.8. The van der Waals surface area contributed by atoms with Crippen LogP contribution in [0, 0.1) is 5.92 Å². The van der Waals surface area contributed by atoms with Crippen LogP contribution in [-0.2, 0) is 26.2 Å². The van der Waals surface area contributed by atoms with Gasteiger partial charge in [-0.25, -0.2) is 0 Å². The molecule has 4 aliphatic rings. The maximum Gasteiger partial charge on any atom is 0.320 e. The van der Waals surface area contributed by atoms with Crippen LogP contribution in [0.1, 0.15) is 63.5 Å². The van der Waals surface area contributed by atoms with Crippen LogP contribution >= 0.6 is 0 Å². The summed E-state index contributed by atoms with van der Waals surface area (Å²) in [5.74, 6) is 0.835. The van der Waals surface area contributed by atoms with Gasteiger partial charge in [-0.3, -0.25) is 9.59 Å². The fourth-order valence-corrected chi connectivity index (χ4v) is 7.18. The van der Waals surface area contributed by atoms with Gasteiger partial charge in [-0.2, -0.15) is 0 Å². The predicted molar refractivity (Wildman–Crippen MR) is 140 cm³/mol. The fourth-order valence-electron chi connectivity index (χ4n) is 7.18. The van der Waals surface area contributed by atoms with E-state index in [9.17, 15) is 19.8 Å². The summed E-state index contributed by atoms with van der Waals surface area (Å²) < 4.78 is 18.1. The molecule has 38 heavy (non-hydrogen) atoms. The van der Waals surface area contributed by atoms with Crippen molar-refractivity contribution in [3.8, 4) is 11.5 Å². The smallest absolute Gasteiger partial charge is 0.320 e. The van der Waals surface area contributed by atoms with E-state index in [4.69, 9.17) is 14.2 Å². The van der Waals surface area contributed by atoms with Gasteiger partial charge in [0.25, 0.3) is 0 Å². The molecule has 2 heterocycles. The Morgan fingerprint density at radius 3 is 2.79 bits per heavy atom. The van der Waals surface area contributed by atoms with Gasteiger partial charge in [0.15, 0.2) is 17.6 Å². The summed E-state index contributed by atoms with van der Waals surface area (Å²) in [4.78, 5) is 26.5. The van der Waals surface area contributed by atoms with Crippen molar-refractivity contribution in [2.24, 2.45) is 5.92 Å². The molecule has 2 aliphatic carbocycles. The van der Waals surface area contributed by atoms with Gasteiger partial charge in [0.05, 0.1) is 18.1 Å². The van der Waals surface area contributed by atoms with Crippen LogP contribution in [0.4, 0.5) is 0 Å². The number of methoxy groups -OCH3 is 1. The van der Waals surface area contributed by atoms with E-state index >= 15 is 0 Å². The average molecular weight is 529 g/mol. The van der Waals surface area contributed by atoms with E-state index in [2.05, 4.69) is 23.3 Å². The minimum Gasteiger partial charge on any atom is -0.493 e. The Balaban J connectivity index is 1.28. The molecule has 0 amide bonds. The first-order chi connectivity index (χ1) is 18.1. The first kappa shape index (κ1) is 27.0. The molecule has 1 aromatic carbocycles. The molecule has 9 nitrogen and oxygen atoms in total. The Hall–Kier alpha value is -2.62. The van der Waals surface area contributed by atoms with Gasteiger partial charge < -0.3 is 34.6 Å². The Morgan fingerprint density at radius 1 is 1.29 bits per heavy atom. The second kappa shape index (κ2) is 10.2. The van der Waals surface area contributed by atoms with E-state index in [0.717, 1.165) is 24.1 Å². The lowest BCUT2D eigenvalue weighted by molar-refractivity contribution is -0.169. The van der Waals surface area contributed by atoms with E-state index in [0.29, 0.717) is 55.9 Å². The molecular weight excluding hydrogens is 488 g/mol. The highest BCUT2D eigenvalue weighted by Crippen LogP contribution is 2.65. The van der Waals surface area contributed by atoms with Crippen molar-refractivity contribution in [2.45, 2.75) is 88.0 Å². The molecule has 1 fully saturated rings. The van der Waals surface area contributed by atoms with Crippen molar-refractivity contribution < 1.29 is 34.0 Å². The number of carbonyl (C=O) groups is 2. The predicted octanol–water partition coefficient (Wildman–Crippen LogP) is 2.78. The van der Waals surface area contributed by atoms with Crippen molar-refractivity contribution in [2.75, 3.05) is 27.2 Å². The number of benzene rings is 1. The number of esters is 1. The van der Waals surface area contributed by atoms with E-state index in [1.807, 2.05) is 26.0 Å². The lowest BCUT2D eigenvalue weighted by Gasteiger charge is -2.61. The summed E-state index contributed by atoms with van der Waals surface area (Å²) in [6, 6.07) is 3.36. The molecule has 3 N–H and O–H groups in total. The second-order valence-corrected chi connectivity index (χ2v) is 11.7. The van der Waals surface area contributed by atoms with Crippen LogP contribution in [0.5, 0.6) is 11.5 Å². The number of piperidine rings is 1. The number of aliphatic hydroxyl groups is 1. The van der Waals surface area contributed by atoms with Crippen LogP contribution in [0.25, 0.3) is 0 Å². The molecule has 5 atom stereocenters. The molecule has 208 valence electrons. The van der Waals surface area contributed by atoms with E-state index in [-0.39, 0.29) is 24.3 Å². The summed E-state index contributed by atoms with van der Waals surface area (Å²) in [5, 5.41) is 24.7. The maximum atomic E-state index is 12.9.